The first-order valence-electron chi connectivity index (χ1n) is 5.77. The van der Waals surface area contributed by atoms with Crippen molar-refractivity contribution in [3.8, 4) is 0 Å². The summed E-state index contributed by atoms with van der Waals surface area (Å²) in [6.45, 7) is 0.936. The Kier molecular flexibility index (Phi) is 5.97. The summed E-state index contributed by atoms with van der Waals surface area (Å²) in [5.41, 5.74) is 0.162. The third-order valence-electron chi connectivity index (χ3n) is 3.28. The van der Waals surface area contributed by atoms with Gasteiger partial charge < -0.3 is 10.4 Å². The zero-order valence-electron chi connectivity index (χ0n) is 9.45. The Morgan fingerprint density at radius 1 is 1.31 bits per heavy atom. The Hall–Kier alpha value is 0.100. The molecule has 1 aromatic rings. The molecule has 92 valence electrons. The average molecular weight is 306 g/mol. The molecule has 0 unspecified atom stereocenters. The lowest BCUT2D eigenvalue weighted by atomic mass is 9.80. The molecule has 1 aliphatic rings. The number of hydrogen-bond donors (Lipinski definition) is 2. The van der Waals surface area contributed by atoms with Crippen LogP contribution in [0.5, 0.6) is 0 Å². The van der Waals surface area contributed by atoms with Crippen LogP contribution in [0.2, 0.25) is 0 Å². The van der Waals surface area contributed by atoms with Gasteiger partial charge in [0.05, 0.1) is 12.1 Å². The van der Waals surface area contributed by atoms with E-state index in [1.807, 2.05) is 11.3 Å². The van der Waals surface area contributed by atoms with Crippen LogP contribution in [0, 0.1) is 0 Å². The van der Waals surface area contributed by atoms with Crippen molar-refractivity contribution in [3.63, 3.8) is 0 Å². The molecule has 1 heterocycles. The number of hydrogen-bond acceptors (Lipinski definition) is 3. The van der Waals surface area contributed by atoms with Gasteiger partial charge in [-0.3, -0.25) is 0 Å². The maximum atomic E-state index is 8.95. The highest BCUT2D eigenvalue weighted by Gasteiger charge is 2.33. The van der Waals surface area contributed by atoms with Crippen molar-refractivity contribution < 1.29 is 5.11 Å². The van der Waals surface area contributed by atoms with E-state index >= 15 is 0 Å². The highest BCUT2D eigenvalue weighted by molar-refractivity contribution is 8.93. The predicted molar refractivity (Wildman–Crippen MR) is 74.5 cm³/mol. The number of nitrogens with one attached hydrogen (secondary N) is 1. The molecule has 1 saturated carbocycles. The minimum atomic E-state index is 0. The van der Waals surface area contributed by atoms with E-state index in [1.54, 1.807) is 0 Å². The first-order chi connectivity index (χ1) is 7.37. The van der Waals surface area contributed by atoms with E-state index in [-0.39, 0.29) is 29.1 Å². The van der Waals surface area contributed by atoms with Crippen LogP contribution in [0.25, 0.3) is 0 Å². The van der Waals surface area contributed by atoms with E-state index in [2.05, 4.69) is 22.8 Å². The standard InChI is InChI=1S/C12H19NOS.BrH/c14-9-8-13-12(6-2-1-3-7-12)11-5-4-10-15-11;/h4-5,10,13-14H,1-3,6-9H2;1H. The Balaban J connectivity index is 0.00000128. The highest BCUT2D eigenvalue weighted by atomic mass is 79.9. The van der Waals surface area contributed by atoms with E-state index in [4.69, 9.17) is 5.11 Å². The van der Waals surface area contributed by atoms with Gasteiger partial charge >= 0.3 is 0 Å². The number of aliphatic hydroxyl groups excluding tert-OH is 1. The van der Waals surface area contributed by atoms with E-state index in [0.29, 0.717) is 6.54 Å². The van der Waals surface area contributed by atoms with Crippen LogP contribution in [0.3, 0.4) is 0 Å². The summed E-state index contributed by atoms with van der Waals surface area (Å²) in [4.78, 5) is 1.44. The van der Waals surface area contributed by atoms with Gasteiger partial charge in [0.25, 0.3) is 0 Å². The Labute approximate surface area is 112 Å². The van der Waals surface area contributed by atoms with Crippen LogP contribution in [0.4, 0.5) is 0 Å². The van der Waals surface area contributed by atoms with Crippen LogP contribution in [0.1, 0.15) is 37.0 Å². The summed E-state index contributed by atoms with van der Waals surface area (Å²) in [6, 6.07) is 4.34. The Morgan fingerprint density at radius 3 is 2.62 bits per heavy atom. The summed E-state index contributed by atoms with van der Waals surface area (Å²) in [6.07, 6.45) is 6.39. The van der Waals surface area contributed by atoms with Gasteiger partial charge in [-0.15, -0.1) is 28.3 Å². The maximum Gasteiger partial charge on any atom is 0.0556 e. The maximum absolute atomic E-state index is 8.95. The SMILES string of the molecule is Br.OCCNC1(c2cccs2)CCCCC1. The lowest BCUT2D eigenvalue weighted by Crippen LogP contribution is -2.44. The first-order valence-corrected chi connectivity index (χ1v) is 6.65. The summed E-state index contributed by atoms with van der Waals surface area (Å²) in [7, 11) is 0. The van der Waals surface area contributed by atoms with Crippen LogP contribution in [-0.2, 0) is 5.54 Å². The van der Waals surface area contributed by atoms with Crippen molar-refractivity contribution in [3.05, 3.63) is 22.4 Å². The summed E-state index contributed by atoms with van der Waals surface area (Å²) < 4.78 is 0. The van der Waals surface area contributed by atoms with Gasteiger partial charge in [0.15, 0.2) is 0 Å². The quantitative estimate of drug-likeness (QED) is 0.896. The van der Waals surface area contributed by atoms with Crippen LogP contribution in [-0.4, -0.2) is 18.3 Å². The van der Waals surface area contributed by atoms with Gasteiger partial charge in [0, 0.05) is 11.4 Å². The minimum Gasteiger partial charge on any atom is -0.395 e. The Morgan fingerprint density at radius 2 is 2.06 bits per heavy atom. The van der Waals surface area contributed by atoms with E-state index in [0.717, 1.165) is 0 Å². The molecule has 0 spiro atoms. The van der Waals surface area contributed by atoms with E-state index in [1.165, 1.54) is 37.0 Å². The largest absolute Gasteiger partial charge is 0.395 e. The Bertz CT molecular complexity index is 283. The van der Waals surface area contributed by atoms with Crippen LogP contribution in [0.15, 0.2) is 17.5 Å². The second-order valence-corrected chi connectivity index (χ2v) is 5.22. The van der Waals surface area contributed by atoms with Gasteiger partial charge in [-0.2, -0.15) is 0 Å². The second kappa shape index (κ2) is 6.74. The molecule has 1 fully saturated rings. The molecule has 2 nitrogen and oxygen atoms in total. The van der Waals surface area contributed by atoms with Crippen molar-refractivity contribution in [1.82, 2.24) is 5.32 Å². The zero-order valence-corrected chi connectivity index (χ0v) is 12.0. The molecule has 1 aliphatic carbocycles. The summed E-state index contributed by atoms with van der Waals surface area (Å²) in [5.74, 6) is 0. The second-order valence-electron chi connectivity index (χ2n) is 4.27. The third kappa shape index (κ3) is 3.06. The number of rotatable bonds is 4. The molecule has 1 aromatic heterocycles. The van der Waals surface area contributed by atoms with Gasteiger partial charge in [0.2, 0.25) is 0 Å². The number of aliphatic hydroxyl groups is 1. The minimum absolute atomic E-state index is 0. The molecule has 0 bridgehead atoms. The molecule has 16 heavy (non-hydrogen) atoms. The van der Waals surface area contributed by atoms with Crippen LogP contribution >= 0.6 is 28.3 Å². The van der Waals surface area contributed by atoms with Crippen molar-refractivity contribution in [1.29, 1.82) is 0 Å². The third-order valence-corrected chi connectivity index (χ3v) is 4.35. The molecule has 0 aliphatic heterocycles. The molecule has 0 amide bonds. The molecule has 4 heteroatoms. The lowest BCUT2D eigenvalue weighted by Gasteiger charge is -2.37. The van der Waals surface area contributed by atoms with Gasteiger partial charge in [-0.05, 0) is 24.3 Å². The van der Waals surface area contributed by atoms with Crippen LogP contribution < -0.4 is 5.32 Å². The fourth-order valence-corrected chi connectivity index (χ4v) is 3.47. The van der Waals surface area contributed by atoms with Crippen molar-refractivity contribution in [2.24, 2.45) is 0 Å². The molecule has 0 saturated heterocycles. The number of thiophene rings is 1. The topological polar surface area (TPSA) is 32.3 Å². The number of halogens is 1. The van der Waals surface area contributed by atoms with Gasteiger partial charge in [0.1, 0.15) is 0 Å². The van der Waals surface area contributed by atoms with Crippen molar-refractivity contribution >= 4 is 28.3 Å². The van der Waals surface area contributed by atoms with Gasteiger partial charge in [-0.25, -0.2) is 0 Å². The average Bonchev–Trinajstić information content (AvgIpc) is 2.82. The van der Waals surface area contributed by atoms with Gasteiger partial charge in [-0.1, -0.05) is 25.3 Å². The molecule has 0 radical (unpaired) electrons. The summed E-state index contributed by atoms with van der Waals surface area (Å²) >= 11 is 1.83. The lowest BCUT2D eigenvalue weighted by molar-refractivity contribution is 0.208. The molecule has 2 rings (SSSR count). The van der Waals surface area contributed by atoms with Crippen molar-refractivity contribution in [2.75, 3.05) is 13.2 Å². The molecule has 0 aromatic carbocycles. The molecule has 0 atom stereocenters. The monoisotopic (exact) mass is 305 g/mol. The van der Waals surface area contributed by atoms with Crippen molar-refractivity contribution in [2.45, 2.75) is 37.6 Å². The molecule has 2 N–H and O–H groups in total. The first kappa shape index (κ1) is 14.2. The fraction of sp³-hybridized carbons (Fsp3) is 0.667. The summed E-state index contributed by atoms with van der Waals surface area (Å²) in [5, 5.41) is 14.6. The predicted octanol–water partition coefficient (Wildman–Crippen LogP) is 3.07. The molecular formula is C12H20BrNOS. The normalized spacial score (nSPS) is 19.1. The highest BCUT2D eigenvalue weighted by Crippen LogP contribution is 2.39. The van der Waals surface area contributed by atoms with E-state index < -0.39 is 0 Å². The fourth-order valence-electron chi connectivity index (χ4n) is 2.51. The smallest absolute Gasteiger partial charge is 0.0556 e. The molecular weight excluding hydrogens is 286 g/mol. The zero-order chi connectivity index (χ0) is 10.6. The van der Waals surface area contributed by atoms with E-state index in [9.17, 15) is 0 Å².